The van der Waals surface area contributed by atoms with Gasteiger partial charge in [-0.05, 0) is 25.8 Å². The molecule has 1 unspecified atom stereocenters. The fraction of sp³-hybridized carbons (Fsp3) is 0.600. The number of hydrogen-bond donors (Lipinski definition) is 1. The molecule has 158 valence electrons. The molecule has 1 fully saturated rings. The minimum absolute atomic E-state index is 0. The number of nitrogens with zero attached hydrogens (tertiary/aromatic N) is 2. The number of hydrogen-bond acceptors (Lipinski definition) is 5. The number of carbonyl (C=O) groups excluding carboxylic acids is 2. The normalized spacial score (nSPS) is 15.9. The second-order valence-electron chi connectivity index (χ2n) is 6.82. The highest BCUT2D eigenvalue weighted by atomic mass is 35.5. The van der Waals surface area contributed by atoms with E-state index in [0.717, 1.165) is 31.4 Å². The molecule has 7 nitrogen and oxygen atoms in total. The second kappa shape index (κ2) is 11.8. The van der Waals surface area contributed by atoms with Crippen LogP contribution >= 0.6 is 12.4 Å². The number of anilines is 1. The zero-order chi connectivity index (χ0) is 19.8. The van der Waals surface area contributed by atoms with Crippen molar-refractivity contribution in [3.63, 3.8) is 0 Å². The molecule has 0 aliphatic carbocycles. The van der Waals surface area contributed by atoms with E-state index in [4.69, 9.17) is 15.2 Å². The van der Waals surface area contributed by atoms with E-state index in [-0.39, 0.29) is 24.2 Å². The third-order valence-electron chi connectivity index (χ3n) is 5.03. The van der Waals surface area contributed by atoms with Crippen LogP contribution in [0.5, 0.6) is 11.5 Å². The van der Waals surface area contributed by atoms with Crippen LogP contribution in [0.2, 0.25) is 0 Å². The molecule has 1 aromatic rings. The van der Waals surface area contributed by atoms with Gasteiger partial charge in [-0.3, -0.25) is 9.59 Å². The first-order valence-electron chi connectivity index (χ1n) is 9.52. The lowest BCUT2D eigenvalue weighted by Crippen LogP contribution is -2.42. The van der Waals surface area contributed by atoms with E-state index in [1.807, 2.05) is 12.1 Å². The van der Waals surface area contributed by atoms with Crippen molar-refractivity contribution in [1.82, 2.24) is 4.90 Å². The Labute approximate surface area is 173 Å². The summed E-state index contributed by atoms with van der Waals surface area (Å²) < 4.78 is 10.6. The van der Waals surface area contributed by atoms with Crippen LogP contribution in [0.3, 0.4) is 0 Å². The molecule has 1 saturated heterocycles. The second-order valence-corrected chi connectivity index (χ2v) is 6.82. The Morgan fingerprint density at radius 3 is 2.32 bits per heavy atom. The van der Waals surface area contributed by atoms with Crippen molar-refractivity contribution < 1.29 is 19.1 Å². The molecule has 2 amide bonds. The molecule has 1 aliphatic heterocycles. The molecule has 0 spiro atoms. The smallest absolute Gasteiger partial charge is 0.249 e. The molecule has 0 saturated carbocycles. The number of amides is 2. The molecule has 1 aliphatic rings. The summed E-state index contributed by atoms with van der Waals surface area (Å²) in [6.07, 6.45) is 4.95. The lowest BCUT2D eigenvalue weighted by Gasteiger charge is -2.24. The van der Waals surface area contributed by atoms with Gasteiger partial charge in [-0.15, -0.1) is 12.4 Å². The maximum absolute atomic E-state index is 12.9. The topological polar surface area (TPSA) is 85.1 Å². The molecule has 1 heterocycles. The van der Waals surface area contributed by atoms with Crippen LogP contribution in [-0.2, 0) is 9.59 Å². The monoisotopic (exact) mass is 413 g/mol. The van der Waals surface area contributed by atoms with Gasteiger partial charge in [0.1, 0.15) is 17.5 Å². The highest BCUT2D eigenvalue weighted by Crippen LogP contribution is 2.31. The summed E-state index contributed by atoms with van der Waals surface area (Å²) in [7, 11) is 4.88. The number of halogens is 1. The Kier molecular flexibility index (Phi) is 10.1. The van der Waals surface area contributed by atoms with E-state index in [1.165, 1.54) is 0 Å². The average molecular weight is 414 g/mol. The molecule has 0 bridgehead atoms. The number of benzene rings is 1. The van der Waals surface area contributed by atoms with Gasteiger partial charge in [0, 0.05) is 38.2 Å². The molecule has 2 N–H and O–H groups in total. The number of carbonyl (C=O) groups is 2. The number of rotatable bonds is 10. The van der Waals surface area contributed by atoms with Crippen LogP contribution in [0, 0.1) is 0 Å². The fourth-order valence-electron chi connectivity index (χ4n) is 3.35. The van der Waals surface area contributed by atoms with Crippen LogP contribution in [0.4, 0.5) is 5.69 Å². The van der Waals surface area contributed by atoms with E-state index < -0.39 is 6.04 Å². The van der Waals surface area contributed by atoms with Crippen molar-refractivity contribution in [3.8, 4) is 11.5 Å². The fourth-order valence-corrected chi connectivity index (χ4v) is 3.35. The third kappa shape index (κ3) is 6.01. The first-order valence-corrected chi connectivity index (χ1v) is 9.52. The van der Waals surface area contributed by atoms with Crippen LogP contribution in [0.15, 0.2) is 18.2 Å². The van der Waals surface area contributed by atoms with Crippen molar-refractivity contribution in [2.24, 2.45) is 5.73 Å². The zero-order valence-corrected chi connectivity index (χ0v) is 17.8. The number of likely N-dealkylation sites (N-methyl/N-ethyl adjacent to an activating group) is 1. The maximum atomic E-state index is 12.9. The summed E-state index contributed by atoms with van der Waals surface area (Å²) in [4.78, 5) is 28.6. The largest absolute Gasteiger partial charge is 0.497 e. The SMILES string of the molecule is COc1cc(OC)cc(N2CCC(N(C)C(=O)CCCCCCN)C2=O)c1.Cl. The molecule has 0 radical (unpaired) electrons. The van der Waals surface area contributed by atoms with E-state index in [2.05, 4.69) is 0 Å². The first-order chi connectivity index (χ1) is 13.0. The Balaban J connectivity index is 0.00000392. The molecule has 1 aromatic carbocycles. The number of methoxy groups -OCH3 is 2. The Bertz CT molecular complexity index is 634. The Morgan fingerprint density at radius 1 is 1.14 bits per heavy atom. The number of nitrogens with two attached hydrogens (primary N) is 1. The van der Waals surface area contributed by atoms with Crippen LogP contribution in [0.25, 0.3) is 0 Å². The summed E-state index contributed by atoms with van der Waals surface area (Å²) in [5.74, 6) is 1.21. The highest BCUT2D eigenvalue weighted by Gasteiger charge is 2.37. The number of ether oxygens (including phenoxy) is 2. The van der Waals surface area contributed by atoms with Crippen LogP contribution in [0.1, 0.15) is 38.5 Å². The lowest BCUT2D eigenvalue weighted by atomic mass is 10.1. The van der Waals surface area contributed by atoms with E-state index in [9.17, 15) is 9.59 Å². The van der Waals surface area contributed by atoms with E-state index in [0.29, 0.717) is 37.4 Å². The summed E-state index contributed by atoms with van der Waals surface area (Å²) in [6.45, 7) is 1.25. The van der Waals surface area contributed by atoms with E-state index in [1.54, 1.807) is 37.1 Å². The van der Waals surface area contributed by atoms with Gasteiger partial charge in [0.15, 0.2) is 0 Å². The quantitative estimate of drug-likeness (QED) is 0.596. The van der Waals surface area contributed by atoms with Crippen molar-refractivity contribution in [2.45, 2.75) is 44.6 Å². The van der Waals surface area contributed by atoms with Gasteiger partial charge in [0.2, 0.25) is 11.8 Å². The lowest BCUT2D eigenvalue weighted by molar-refractivity contribution is -0.136. The summed E-state index contributed by atoms with van der Waals surface area (Å²) in [6, 6.07) is 4.96. The molecular weight excluding hydrogens is 382 g/mol. The van der Waals surface area contributed by atoms with Gasteiger partial charge in [-0.1, -0.05) is 12.8 Å². The van der Waals surface area contributed by atoms with Crippen molar-refractivity contribution in [2.75, 3.05) is 39.3 Å². The minimum Gasteiger partial charge on any atom is -0.497 e. The predicted molar refractivity (Wildman–Crippen MR) is 112 cm³/mol. The zero-order valence-electron chi connectivity index (χ0n) is 17.0. The van der Waals surface area contributed by atoms with Gasteiger partial charge >= 0.3 is 0 Å². The summed E-state index contributed by atoms with van der Waals surface area (Å²) in [5.41, 5.74) is 6.20. The third-order valence-corrected chi connectivity index (χ3v) is 5.03. The summed E-state index contributed by atoms with van der Waals surface area (Å²) in [5, 5.41) is 0. The maximum Gasteiger partial charge on any atom is 0.249 e. The number of unbranched alkanes of at least 4 members (excludes halogenated alkanes) is 3. The minimum atomic E-state index is -0.418. The van der Waals surface area contributed by atoms with Crippen LogP contribution in [-0.4, -0.2) is 57.1 Å². The molecule has 1 atom stereocenters. The average Bonchev–Trinajstić information content (AvgIpc) is 3.07. The molecule has 28 heavy (non-hydrogen) atoms. The van der Waals surface area contributed by atoms with Gasteiger partial charge in [-0.2, -0.15) is 0 Å². The predicted octanol–water partition coefficient (Wildman–Crippen LogP) is 2.60. The van der Waals surface area contributed by atoms with Crippen molar-refractivity contribution in [3.05, 3.63) is 18.2 Å². The van der Waals surface area contributed by atoms with Crippen molar-refractivity contribution in [1.29, 1.82) is 0 Å². The molecular formula is C20H32ClN3O4. The van der Waals surface area contributed by atoms with Gasteiger partial charge in [-0.25, -0.2) is 0 Å². The van der Waals surface area contributed by atoms with Gasteiger partial charge in [0.05, 0.1) is 19.9 Å². The van der Waals surface area contributed by atoms with Gasteiger partial charge in [0.25, 0.3) is 0 Å². The molecule has 2 rings (SSSR count). The standard InChI is InChI=1S/C20H31N3O4.ClH/c1-22(19(24)8-6-4-5-7-10-21)18-9-11-23(20(18)25)15-12-16(26-2)14-17(13-15)27-3;/h12-14,18H,4-11,21H2,1-3H3;1H. The Hall–Kier alpha value is -1.99. The summed E-state index contributed by atoms with van der Waals surface area (Å²) >= 11 is 0. The highest BCUT2D eigenvalue weighted by molar-refractivity contribution is 6.01. The van der Waals surface area contributed by atoms with E-state index >= 15 is 0 Å². The Morgan fingerprint density at radius 2 is 1.75 bits per heavy atom. The van der Waals surface area contributed by atoms with Crippen LogP contribution < -0.4 is 20.1 Å². The first kappa shape index (κ1) is 24.0. The van der Waals surface area contributed by atoms with Gasteiger partial charge < -0.3 is 25.0 Å². The van der Waals surface area contributed by atoms with Crippen molar-refractivity contribution >= 4 is 29.9 Å². The molecule has 8 heteroatoms. The molecule has 0 aromatic heterocycles.